The highest BCUT2D eigenvalue weighted by Gasteiger charge is 2.10. The van der Waals surface area contributed by atoms with E-state index < -0.39 is 16.0 Å². The van der Waals surface area contributed by atoms with Crippen molar-refractivity contribution in [1.82, 2.24) is 0 Å². The predicted octanol–water partition coefficient (Wildman–Crippen LogP) is 2.20. The quantitative estimate of drug-likeness (QED) is 0.857. The molecule has 0 radical (unpaired) electrons. The van der Waals surface area contributed by atoms with E-state index in [1.54, 1.807) is 6.08 Å². The van der Waals surface area contributed by atoms with Crippen LogP contribution in [0.1, 0.15) is 15.9 Å². The van der Waals surface area contributed by atoms with Crippen LogP contribution in [0.5, 0.6) is 0 Å². The highest BCUT2D eigenvalue weighted by molar-refractivity contribution is 7.89. The lowest BCUT2D eigenvalue weighted by Crippen LogP contribution is -2.12. The highest BCUT2D eigenvalue weighted by Crippen LogP contribution is 2.10. The lowest BCUT2D eigenvalue weighted by molar-refractivity contribution is 0.0550. The summed E-state index contributed by atoms with van der Waals surface area (Å²) >= 11 is 0. The van der Waals surface area contributed by atoms with Gasteiger partial charge in [-0.05, 0) is 35.9 Å². The molecule has 0 saturated carbocycles. The average molecular weight is 317 g/mol. The first kappa shape index (κ1) is 15.9. The zero-order valence-corrected chi connectivity index (χ0v) is 12.5. The van der Waals surface area contributed by atoms with Crippen LogP contribution < -0.4 is 5.14 Å². The molecule has 22 heavy (non-hydrogen) atoms. The van der Waals surface area contributed by atoms with Crippen molar-refractivity contribution in [2.24, 2.45) is 5.14 Å². The van der Waals surface area contributed by atoms with Gasteiger partial charge in [0.1, 0.15) is 6.61 Å². The molecule has 0 unspecified atom stereocenters. The monoisotopic (exact) mass is 317 g/mol. The van der Waals surface area contributed by atoms with E-state index in [0.29, 0.717) is 0 Å². The molecule has 114 valence electrons. The summed E-state index contributed by atoms with van der Waals surface area (Å²) in [4.78, 5) is 11.7. The summed E-state index contributed by atoms with van der Waals surface area (Å²) in [7, 11) is -3.76. The normalized spacial score (nSPS) is 11.5. The Hall–Kier alpha value is -2.44. The van der Waals surface area contributed by atoms with Gasteiger partial charge in [-0.3, -0.25) is 0 Å². The zero-order valence-electron chi connectivity index (χ0n) is 11.7. The molecule has 0 saturated heterocycles. The zero-order chi connectivity index (χ0) is 16.0. The van der Waals surface area contributed by atoms with Gasteiger partial charge in [-0.15, -0.1) is 0 Å². The number of carbonyl (C=O) groups excluding carboxylic acids is 1. The van der Waals surface area contributed by atoms with Crippen LogP contribution in [0.25, 0.3) is 6.08 Å². The van der Waals surface area contributed by atoms with E-state index in [2.05, 4.69) is 0 Å². The van der Waals surface area contributed by atoms with Gasteiger partial charge in [-0.1, -0.05) is 36.4 Å². The molecule has 2 N–H and O–H groups in total. The van der Waals surface area contributed by atoms with Gasteiger partial charge in [0.2, 0.25) is 10.0 Å². The Labute approximate surface area is 129 Å². The van der Waals surface area contributed by atoms with Crippen LogP contribution in [0.15, 0.2) is 65.6 Å². The highest BCUT2D eigenvalue weighted by atomic mass is 32.2. The SMILES string of the molecule is NS(=O)(=O)c1ccc(C(=O)OCC=Cc2ccccc2)cc1. The third kappa shape index (κ3) is 4.54. The molecule has 0 aliphatic rings. The van der Waals surface area contributed by atoms with Crippen LogP contribution in [0.2, 0.25) is 0 Å². The maximum atomic E-state index is 11.8. The number of benzene rings is 2. The average Bonchev–Trinajstić information content (AvgIpc) is 2.52. The van der Waals surface area contributed by atoms with E-state index in [0.717, 1.165) is 5.56 Å². The number of rotatable bonds is 5. The molecular formula is C16H15NO4S. The van der Waals surface area contributed by atoms with Crippen LogP contribution in [0, 0.1) is 0 Å². The van der Waals surface area contributed by atoms with E-state index in [9.17, 15) is 13.2 Å². The molecule has 0 fully saturated rings. The van der Waals surface area contributed by atoms with Crippen molar-refractivity contribution in [1.29, 1.82) is 0 Å². The Balaban J connectivity index is 1.91. The molecule has 0 spiro atoms. The molecule has 2 aromatic carbocycles. The molecule has 0 bridgehead atoms. The van der Waals surface area contributed by atoms with E-state index in [1.165, 1.54) is 24.3 Å². The summed E-state index contributed by atoms with van der Waals surface area (Å²) < 4.78 is 27.3. The van der Waals surface area contributed by atoms with Gasteiger partial charge >= 0.3 is 5.97 Å². The number of hydrogen-bond donors (Lipinski definition) is 1. The molecule has 0 heterocycles. The van der Waals surface area contributed by atoms with E-state index in [4.69, 9.17) is 9.88 Å². The number of sulfonamides is 1. The van der Waals surface area contributed by atoms with Gasteiger partial charge < -0.3 is 4.74 Å². The van der Waals surface area contributed by atoms with Crippen molar-refractivity contribution in [3.8, 4) is 0 Å². The minimum absolute atomic E-state index is 0.0481. The molecule has 0 aliphatic carbocycles. The molecule has 5 nitrogen and oxygen atoms in total. The van der Waals surface area contributed by atoms with Crippen molar-refractivity contribution >= 4 is 22.1 Å². The van der Waals surface area contributed by atoms with Gasteiger partial charge in [0.05, 0.1) is 10.5 Å². The van der Waals surface area contributed by atoms with Gasteiger partial charge in [0.25, 0.3) is 0 Å². The fraction of sp³-hybridized carbons (Fsp3) is 0.0625. The Morgan fingerprint density at radius 3 is 2.27 bits per heavy atom. The van der Waals surface area contributed by atoms with Gasteiger partial charge in [-0.2, -0.15) is 0 Å². The Kier molecular flexibility index (Phi) is 5.08. The Morgan fingerprint density at radius 1 is 1.05 bits per heavy atom. The van der Waals surface area contributed by atoms with E-state index in [-0.39, 0.29) is 17.1 Å². The summed E-state index contributed by atoms with van der Waals surface area (Å²) in [6.07, 6.45) is 3.57. The molecule has 6 heteroatoms. The van der Waals surface area contributed by atoms with Crippen molar-refractivity contribution in [2.75, 3.05) is 6.61 Å². The summed E-state index contributed by atoms with van der Waals surface area (Å²) in [5.41, 5.74) is 1.27. The van der Waals surface area contributed by atoms with Crippen molar-refractivity contribution < 1.29 is 17.9 Å². The lowest BCUT2D eigenvalue weighted by atomic mass is 10.2. The standard InChI is InChI=1S/C16H15NO4S/c17-22(19,20)15-10-8-14(9-11-15)16(18)21-12-4-7-13-5-2-1-3-6-13/h1-11H,12H2,(H2,17,19,20). The van der Waals surface area contributed by atoms with Gasteiger partial charge in [0.15, 0.2) is 0 Å². The molecule has 0 aromatic heterocycles. The minimum atomic E-state index is -3.76. The number of ether oxygens (including phenoxy) is 1. The topological polar surface area (TPSA) is 86.5 Å². The number of nitrogens with two attached hydrogens (primary N) is 1. The number of hydrogen-bond acceptors (Lipinski definition) is 4. The van der Waals surface area contributed by atoms with Crippen LogP contribution in [0.3, 0.4) is 0 Å². The van der Waals surface area contributed by atoms with E-state index >= 15 is 0 Å². The second kappa shape index (κ2) is 7.02. The number of carbonyl (C=O) groups is 1. The van der Waals surface area contributed by atoms with Gasteiger partial charge in [0, 0.05) is 0 Å². The first-order valence-electron chi connectivity index (χ1n) is 6.48. The fourth-order valence-corrected chi connectivity index (χ4v) is 2.25. The summed E-state index contributed by atoms with van der Waals surface area (Å²) in [6, 6.07) is 14.9. The van der Waals surface area contributed by atoms with Crippen LogP contribution in [-0.2, 0) is 14.8 Å². The smallest absolute Gasteiger partial charge is 0.338 e. The molecule has 2 rings (SSSR count). The Morgan fingerprint density at radius 2 is 1.68 bits per heavy atom. The lowest BCUT2D eigenvalue weighted by Gasteiger charge is -2.03. The summed E-state index contributed by atoms with van der Waals surface area (Å²) in [5, 5.41) is 4.98. The molecule has 0 aliphatic heterocycles. The van der Waals surface area contributed by atoms with E-state index in [1.807, 2.05) is 36.4 Å². The third-order valence-electron chi connectivity index (χ3n) is 2.84. The Bertz CT molecular complexity index is 766. The fourth-order valence-electron chi connectivity index (χ4n) is 1.74. The minimum Gasteiger partial charge on any atom is -0.458 e. The van der Waals surface area contributed by atoms with Crippen LogP contribution >= 0.6 is 0 Å². The summed E-state index contributed by atoms with van der Waals surface area (Å²) in [5.74, 6) is -0.529. The van der Waals surface area contributed by atoms with Crippen molar-refractivity contribution in [3.63, 3.8) is 0 Å². The molecule has 0 amide bonds. The second-order valence-corrected chi connectivity index (χ2v) is 6.04. The maximum Gasteiger partial charge on any atom is 0.338 e. The number of esters is 1. The van der Waals surface area contributed by atoms with Crippen LogP contribution in [0.4, 0.5) is 0 Å². The molecular weight excluding hydrogens is 302 g/mol. The first-order chi connectivity index (χ1) is 10.5. The van der Waals surface area contributed by atoms with Gasteiger partial charge in [-0.25, -0.2) is 18.4 Å². The largest absolute Gasteiger partial charge is 0.458 e. The predicted molar refractivity (Wildman–Crippen MR) is 83.6 cm³/mol. The van der Waals surface area contributed by atoms with Crippen molar-refractivity contribution in [2.45, 2.75) is 4.90 Å². The maximum absolute atomic E-state index is 11.8. The second-order valence-electron chi connectivity index (χ2n) is 4.48. The third-order valence-corrected chi connectivity index (χ3v) is 3.77. The molecule has 2 aromatic rings. The van der Waals surface area contributed by atoms with Crippen molar-refractivity contribution in [3.05, 3.63) is 71.8 Å². The summed E-state index contributed by atoms with van der Waals surface area (Å²) in [6.45, 7) is 0.130. The first-order valence-corrected chi connectivity index (χ1v) is 8.03. The van der Waals surface area contributed by atoms with Crippen LogP contribution in [-0.4, -0.2) is 21.0 Å². The molecule has 0 atom stereocenters. The number of primary sulfonamides is 1.